The molecule has 2 nitrogen and oxygen atoms in total. The Kier molecular flexibility index (Phi) is 4.62. The minimum absolute atomic E-state index is 0.640. The van der Waals surface area contributed by atoms with Gasteiger partial charge in [0, 0.05) is 24.3 Å². The monoisotopic (exact) mass is 272 g/mol. The summed E-state index contributed by atoms with van der Waals surface area (Å²) in [4.78, 5) is 2.79. The van der Waals surface area contributed by atoms with Gasteiger partial charge in [0.05, 0.1) is 0 Å². The average Bonchev–Trinajstić information content (AvgIpc) is 2.53. The van der Waals surface area contributed by atoms with E-state index in [1.807, 2.05) is 0 Å². The summed E-state index contributed by atoms with van der Waals surface area (Å²) in [5.41, 5.74) is 1.25. The van der Waals surface area contributed by atoms with Crippen LogP contribution in [0.5, 0.6) is 0 Å². The van der Waals surface area contributed by atoms with Crippen molar-refractivity contribution in [3.8, 4) is 0 Å². The molecule has 1 heterocycles. The van der Waals surface area contributed by atoms with Crippen LogP contribution in [0.25, 0.3) is 0 Å². The fraction of sp³-hybridized carbons (Fsp3) is 0.667. The molecule has 1 unspecified atom stereocenters. The normalized spacial score (nSPS) is 28.6. The molecule has 1 aromatic rings. The predicted molar refractivity (Wildman–Crippen MR) is 86.1 cm³/mol. The van der Waals surface area contributed by atoms with Crippen LogP contribution in [0.15, 0.2) is 30.3 Å². The Morgan fingerprint density at radius 3 is 2.70 bits per heavy atom. The first kappa shape index (κ1) is 13.9. The fourth-order valence-electron chi connectivity index (χ4n) is 4.15. The molecule has 1 saturated heterocycles. The van der Waals surface area contributed by atoms with Crippen LogP contribution in [0.3, 0.4) is 0 Å². The first-order chi connectivity index (χ1) is 9.84. The van der Waals surface area contributed by atoms with E-state index in [-0.39, 0.29) is 0 Å². The van der Waals surface area contributed by atoms with Gasteiger partial charge in [-0.15, -0.1) is 0 Å². The van der Waals surface area contributed by atoms with Gasteiger partial charge in [-0.1, -0.05) is 31.0 Å². The van der Waals surface area contributed by atoms with E-state index in [4.69, 9.17) is 0 Å². The third-order valence-electron chi connectivity index (χ3n) is 5.23. The molecule has 1 saturated carbocycles. The van der Waals surface area contributed by atoms with Crippen LogP contribution in [0.1, 0.15) is 45.4 Å². The Labute approximate surface area is 123 Å². The minimum atomic E-state index is 0.640. The van der Waals surface area contributed by atoms with Gasteiger partial charge in [-0.3, -0.25) is 4.90 Å². The largest absolute Gasteiger partial charge is 0.383 e. The second-order valence-electron chi connectivity index (χ2n) is 6.59. The Bertz CT molecular complexity index is 401. The van der Waals surface area contributed by atoms with Crippen molar-refractivity contribution < 1.29 is 0 Å². The molecule has 2 fully saturated rings. The third kappa shape index (κ3) is 3.17. The van der Waals surface area contributed by atoms with Gasteiger partial charge in [-0.05, 0) is 57.2 Å². The molecule has 2 aliphatic rings. The topological polar surface area (TPSA) is 15.3 Å². The van der Waals surface area contributed by atoms with E-state index in [1.54, 1.807) is 0 Å². The maximum absolute atomic E-state index is 3.60. The zero-order chi connectivity index (χ0) is 13.8. The zero-order valence-corrected chi connectivity index (χ0v) is 12.7. The SMILES string of the molecule is CC(CNc1ccccc1)N1CCC[C@H]2CCCC[C@H]21. The van der Waals surface area contributed by atoms with Gasteiger partial charge in [0.2, 0.25) is 0 Å². The van der Waals surface area contributed by atoms with E-state index in [1.165, 1.54) is 50.8 Å². The molecule has 1 aromatic carbocycles. The van der Waals surface area contributed by atoms with Crippen molar-refractivity contribution in [1.29, 1.82) is 0 Å². The lowest BCUT2D eigenvalue weighted by Gasteiger charge is -2.47. The predicted octanol–water partition coefficient (Wildman–Crippen LogP) is 4.14. The number of hydrogen-bond donors (Lipinski definition) is 1. The van der Waals surface area contributed by atoms with E-state index in [2.05, 4.69) is 47.5 Å². The van der Waals surface area contributed by atoms with Gasteiger partial charge in [-0.2, -0.15) is 0 Å². The van der Waals surface area contributed by atoms with Gasteiger partial charge < -0.3 is 5.32 Å². The number of hydrogen-bond acceptors (Lipinski definition) is 2. The molecule has 1 aliphatic heterocycles. The summed E-state index contributed by atoms with van der Waals surface area (Å²) in [7, 11) is 0. The Balaban J connectivity index is 1.56. The lowest BCUT2D eigenvalue weighted by molar-refractivity contribution is 0.0353. The van der Waals surface area contributed by atoms with E-state index in [9.17, 15) is 0 Å². The molecule has 0 aromatic heterocycles. The highest BCUT2D eigenvalue weighted by Crippen LogP contribution is 2.36. The number of nitrogens with zero attached hydrogens (tertiary/aromatic N) is 1. The van der Waals surface area contributed by atoms with E-state index >= 15 is 0 Å². The highest BCUT2D eigenvalue weighted by atomic mass is 15.2. The fourth-order valence-corrected chi connectivity index (χ4v) is 4.15. The molecule has 110 valence electrons. The first-order valence-corrected chi connectivity index (χ1v) is 8.39. The molecule has 20 heavy (non-hydrogen) atoms. The van der Waals surface area contributed by atoms with Crippen LogP contribution >= 0.6 is 0 Å². The second-order valence-corrected chi connectivity index (χ2v) is 6.59. The molecular weight excluding hydrogens is 244 g/mol. The lowest BCUT2D eigenvalue weighted by atomic mass is 9.78. The summed E-state index contributed by atoms with van der Waals surface area (Å²) in [5, 5.41) is 3.60. The van der Waals surface area contributed by atoms with Gasteiger partial charge >= 0.3 is 0 Å². The molecule has 2 heteroatoms. The zero-order valence-electron chi connectivity index (χ0n) is 12.7. The lowest BCUT2D eigenvalue weighted by Crippen LogP contribution is -2.52. The number of likely N-dealkylation sites (tertiary alicyclic amines) is 1. The maximum Gasteiger partial charge on any atom is 0.0340 e. The average molecular weight is 272 g/mol. The number of fused-ring (bicyclic) bond motifs is 1. The van der Waals surface area contributed by atoms with Crippen molar-refractivity contribution in [3.63, 3.8) is 0 Å². The number of piperidine rings is 1. The number of anilines is 1. The van der Waals surface area contributed by atoms with Crippen LogP contribution in [0.4, 0.5) is 5.69 Å². The van der Waals surface area contributed by atoms with Crippen molar-refractivity contribution >= 4 is 5.69 Å². The highest BCUT2D eigenvalue weighted by molar-refractivity contribution is 5.42. The molecule has 1 N–H and O–H groups in total. The summed E-state index contributed by atoms with van der Waals surface area (Å²) in [6, 6.07) is 12.1. The van der Waals surface area contributed by atoms with Gasteiger partial charge in [-0.25, -0.2) is 0 Å². The second kappa shape index (κ2) is 6.62. The van der Waals surface area contributed by atoms with Gasteiger partial charge in [0.1, 0.15) is 0 Å². The number of nitrogens with one attached hydrogen (secondary N) is 1. The molecular formula is C18H28N2. The summed E-state index contributed by atoms with van der Waals surface area (Å²) < 4.78 is 0. The molecule has 1 aliphatic carbocycles. The van der Waals surface area contributed by atoms with Gasteiger partial charge in [0.25, 0.3) is 0 Å². The van der Waals surface area contributed by atoms with Crippen molar-refractivity contribution in [2.24, 2.45) is 5.92 Å². The van der Waals surface area contributed by atoms with E-state index < -0.39 is 0 Å². The molecule has 3 atom stereocenters. The number of para-hydroxylation sites is 1. The van der Waals surface area contributed by atoms with Gasteiger partial charge in [0.15, 0.2) is 0 Å². The van der Waals surface area contributed by atoms with E-state index in [0.717, 1.165) is 18.5 Å². The molecule has 3 rings (SSSR count). The maximum atomic E-state index is 3.60. The summed E-state index contributed by atoms with van der Waals surface area (Å²) >= 11 is 0. The van der Waals surface area contributed by atoms with E-state index in [0.29, 0.717) is 6.04 Å². The Morgan fingerprint density at radius 1 is 1.10 bits per heavy atom. The minimum Gasteiger partial charge on any atom is -0.383 e. The van der Waals surface area contributed by atoms with Crippen LogP contribution in [0.2, 0.25) is 0 Å². The van der Waals surface area contributed by atoms with Crippen molar-refractivity contribution in [1.82, 2.24) is 4.90 Å². The summed E-state index contributed by atoms with van der Waals surface area (Å²) in [6.45, 7) is 4.76. The number of rotatable bonds is 4. The van der Waals surface area contributed by atoms with Crippen LogP contribution in [0, 0.1) is 5.92 Å². The first-order valence-electron chi connectivity index (χ1n) is 8.39. The summed E-state index contributed by atoms with van der Waals surface area (Å²) in [6.07, 6.45) is 8.68. The third-order valence-corrected chi connectivity index (χ3v) is 5.23. The Morgan fingerprint density at radius 2 is 1.85 bits per heavy atom. The highest BCUT2D eigenvalue weighted by Gasteiger charge is 2.35. The molecule has 0 radical (unpaired) electrons. The molecule has 0 spiro atoms. The number of benzene rings is 1. The van der Waals surface area contributed by atoms with Crippen LogP contribution in [-0.4, -0.2) is 30.1 Å². The van der Waals surface area contributed by atoms with Crippen LogP contribution in [-0.2, 0) is 0 Å². The smallest absolute Gasteiger partial charge is 0.0340 e. The van der Waals surface area contributed by atoms with Crippen LogP contribution < -0.4 is 5.32 Å². The quantitative estimate of drug-likeness (QED) is 0.886. The molecule has 0 bridgehead atoms. The van der Waals surface area contributed by atoms with Crippen molar-refractivity contribution in [2.75, 3.05) is 18.4 Å². The van der Waals surface area contributed by atoms with Crippen molar-refractivity contribution in [3.05, 3.63) is 30.3 Å². The van der Waals surface area contributed by atoms with Crippen molar-refractivity contribution in [2.45, 2.75) is 57.5 Å². The Hall–Kier alpha value is -1.02. The summed E-state index contributed by atoms with van der Waals surface area (Å²) in [5.74, 6) is 0.983. The molecule has 0 amide bonds. The standard InChI is InChI=1S/C18H28N2/c1-15(14-19-17-10-3-2-4-11-17)20-13-7-9-16-8-5-6-12-18(16)20/h2-4,10-11,15-16,18-19H,5-9,12-14H2,1H3/t15?,16-,18-/m1/s1.